The van der Waals surface area contributed by atoms with Gasteiger partial charge in [0, 0.05) is 0 Å². The van der Waals surface area contributed by atoms with Gasteiger partial charge >= 0.3 is 0 Å². The van der Waals surface area contributed by atoms with Gasteiger partial charge in [-0.05, 0) is 42.7 Å². The zero-order chi connectivity index (χ0) is 17.3. The van der Waals surface area contributed by atoms with E-state index in [1.807, 2.05) is 67.1 Å². The molecule has 6 heteroatoms. The molecule has 0 spiro atoms. The number of aliphatic imine (C=N–C) groups is 2. The van der Waals surface area contributed by atoms with Crippen molar-refractivity contribution in [3.63, 3.8) is 0 Å². The van der Waals surface area contributed by atoms with Gasteiger partial charge in [-0.15, -0.1) is 16.4 Å². The summed E-state index contributed by atoms with van der Waals surface area (Å²) in [6.07, 6.45) is 7.30. The molecule has 1 unspecified atom stereocenters. The first-order chi connectivity index (χ1) is 12.2. The zero-order valence-electron chi connectivity index (χ0n) is 13.7. The Balaban J connectivity index is 1.63. The summed E-state index contributed by atoms with van der Waals surface area (Å²) in [5.74, 6) is 8.94. The number of fused-ring (bicyclic) bond motifs is 1. The Hall–Kier alpha value is -2.67. The summed E-state index contributed by atoms with van der Waals surface area (Å²) < 4.78 is 5.88. The third-order valence-corrected chi connectivity index (χ3v) is 4.73. The fourth-order valence-corrected chi connectivity index (χ4v) is 3.38. The Kier molecular flexibility index (Phi) is 4.01. The van der Waals surface area contributed by atoms with Crippen molar-refractivity contribution >= 4 is 23.8 Å². The van der Waals surface area contributed by atoms with Crippen LogP contribution in [-0.4, -0.2) is 22.9 Å². The van der Waals surface area contributed by atoms with Crippen LogP contribution in [-0.2, 0) is 0 Å². The number of rotatable bonds is 4. The van der Waals surface area contributed by atoms with Crippen molar-refractivity contribution in [3.8, 4) is 11.5 Å². The summed E-state index contributed by atoms with van der Waals surface area (Å²) in [4.78, 5) is 8.92. The molecule has 0 saturated heterocycles. The maximum absolute atomic E-state index is 6.59. The number of amidine groups is 1. The predicted octanol–water partition coefficient (Wildman–Crippen LogP) is 4.02. The van der Waals surface area contributed by atoms with E-state index in [1.165, 1.54) is 0 Å². The lowest BCUT2D eigenvalue weighted by Gasteiger charge is -2.26. The Labute approximate surface area is 150 Å². The van der Waals surface area contributed by atoms with Crippen molar-refractivity contribution in [1.82, 2.24) is 0 Å². The van der Waals surface area contributed by atoms with Gasteiger partial charge in [-0.3, -0.25) is 4.99 Å². The van der Waals surface area contributed by atoms with Crippen molar-refractivity contribution in [3.05, 3.63) is 83.3 Å². The summed E-state index contributed by atoms with van der Waals surface area (Å²) in [6.45, 7) is 0. The summed E-state index contributed by atoms with van der Waals surface area (Å²) in [6, 6.07) is 17.5. The first-order valence-corrected chi connectivity index (χ1v) is 9.03. The van der Waals surface area contributed by atoms with Gasteiger partial charge in [0.15, 0.2) is 5.03 Å². The molecule has 0 aromatic heterocycles. The van der Waals surface area contributed by atoms with E-state index in [-0.39, 0.29) is 4.59 Å². The summed E-state index contributed by atoms with van der Waals surface area (Å²) >= 11 is 1.57. The molecule has 124 valence electrons. The van der Waals surface area contributed by atoms with Gasteiger partial charge in [0.1, 0.15) is 17.7 Å². The fraction of sp³-hybridized carbons (Fsp3) is 0.0526. The lowest BCUT2D eigenvalue weighted by Crippen LogP contribution is -2.53. The Morgan fingerprint density at radius 1 is 1.00 bits per heavy atom. The van der Waals surface area contributed by atoms with Crippen LogP contribution in [0.1, 0.15) is 5.56 Å². The number of allylic oxidation sites excluding steroid dienone is 1. The molecule has 2 aliphatic heterocycles. The van der Waals surface area contributed by atoms with E-state index in [1.54, 1.807) is 24.2 Å². The molecular formula is C19H17N4OS+. The van der Waals surface area contributed by atoms with Crippen LogP contribution in [0, 0.1) is 0 Å². The van der Waals surface area contributed by atoms with Crippen LogP contribution in [0.5, 0.6) is 11.5 Å². The lowest BCUT2D eigenvalue weighted by atomic mass is 10.1. The van der Waals surface area contributed by atoms with Gasteiger partial charge in [0.05, 0.1) is 18.0 Å². The van der Waals surface area contributed by atoms with Crippen molar-refractivity contribution in [2.24, 2.45) is 15.8 Å². The van der Waals surface area contributed by atoms with Crippen LogP contribution >= 0.6 is 11.8 Å². The quantitative estimate of drug-likeness (QED) is 0.670. The van der Waals surface area contributed by atoms with Gasteiger partial charge in [0.25, 0.3) is 5.84 Å². The highest BCUT2D eigenvalue weighted by atomic mass is 32.2. The molecule has 4 rings (SSSR count). The molecule has 2 aliphatic rings. The molecule has 2 aromatic rings. The molecule has 25 heavy (non-hydrogen) atoms. The van der Waals surface area contributed by atoms with Crippen LogP contribution in [0.4, 0.5) is 0 Å². The van der Waals surface area contributed by atoms with Crippen LogP contribution < -0.4 is 10.6 Å². The van der Waals surface area contributed by atoms with E-state index < -0.39 is 0 Å². The van der Waals surface area contributed by atoms with Crippen molar-refractivity contribution in [2.45, 2.75) is 0 Å². The lowest BCUT2D eigenvalue weighted by molar-refractivity contribution is -0.750. The molecule has 0 aliphatic carbocycles. The average Bonchev–Trinajstić information content (AvgIpc) is 2.96. The smallest absolute Gasteiger partial charge is 0.265 e. The van der Waals surface area contributed by atoms with E-state index in [0.717, 1.165) is 33.6 Å². The van der Waals surface area contributed by atoms with Crippen LogP contribution in [0.15, 0.2) is 87.7 Å². The van der Waals surface area contributed by atoms with Crippen LogP contribution in [0.2, 0.25) is 0 Å². The van der Waals surface area contributed by atoms with E-state index in [2.05, 4.69) is 4.99 Å². The number of para-hydroxylation sites is 1. The van der Waals surface area contributed by atoms with Gasteiger partial charge in [-0.1, -0.05) is 18.2 Å². The zero-order valence-corrected chi connectivity index (χ0v) is 14.5. The average molecular weight is 349 g/mol. The van der Waals surface area contributed by atoms with Gasteiger partial charge < -0.3 is 4.74 Å². The summed E-state index contributed by atoms with van der Waals surface area (Å²) in [5.41, 5.74) is 1.83. The number of quaternary nitrogens is 1. The van der Waals surface area contributed by atoms with E-state index in [4.69, 9.17) is 15.6 Å². The number of benzene rings is 2. The second kappa shape index (κ2) is 6.33. The number of thioether (sulfide) groups is 1. The largest absolute Gasteiger partial charge is 0.457 e. The minimum Gasteiger partial charge on any atom is -0.457 e. The number of ether oxygens (including phenoxy) is 1. The summed E-state index contributed by atoms with van der Waals surface area (Å²) in [5, 5.41) is 0.884. The van der Waals surface area contributed by atoms with Gasteiger partial charge in [-0.25, -0.2) is 0 Å². The number of hydrogen-bond donors (Lipinski definition) is 1. The molecule has 0 saturated carbocycles. The molecule has 5 nitrogen and oxygen atoms in total. The maximum atomic E-state index is 6.59. The minimum atomic E-state index is 0.0402. The second-order valence-corrected chi connectivity index (χ2v) is 6.42. The molecule has 2 N–H and O–H groups in total. The number of nitrogens with two attached hydrogens (primary N) is 1. The van der Waals surface area contributed by atoms with Gasteiger partial charge in [-0.2, -0.15) is 10.8 Å². The monoisotopic (exact) mass is 349 g/mol. The third-order valence-electron chi connectivity index (χ3n) is 4.05. The minimum absolute atomic E-state index is 0.0402. The highest BCUT2D eigenvalue weighted by molar-refractivity contribution is 8.02. The van der Waals surface area contributed by atoms with E-state index in [0.29, 0.717) is 0 Å². The molecule has 0 bridgehead atoms. The molecule has 1 atom stereocenters. The van der Waals surface area contributed by atoms with E-state index >= 15 is 0 Å². The fourth-order valence-electron chi connectivity index (χ4n) is 2.79. The van der Waals surface area contributed by atoms with Gasteiger partial charge in [0.2, 0.25) is 5.70 Å². The molecule has 2 aromatic carbocycles. The highest BCUT2D eigenvalue weighted by Crippen LogP contribution is 2.35. The highest BCUT2D eigenvalue weighted by Gasteiger charge is 2.43. The topological polar surface area (TPSA) is 60.0 Å². The molecular weight excluding hydrogens is 332 g/mol. The van der Waals surface area contributed by atoms with Crippen molar-refractivity contribution in [1.29, 1.82) is 0 Å². The first kappa shape index (κ1) is 15.8. The standard InChI is InChI=1S/C19H17N4OS/c1-25-19-17-13-21-11-12-23(17,20)18(22-19)14-7-9-16(10-8-14)24-15-5-3-2-4-6-15/h2-13H,20H2,1H3/q+1. The van der Waals surface area contributed by atoms with Crippen LogP contribution in [0.3, 0.4) is 0 Å². The molecule has 0 fully saturated rings. The first-order valence-electron chi connectivity index (χ1n) is 7.80. The third kappa shape index (κ3) is 2.80. The Bertz CT molecular complexity index is 916. The number of hydrogen-bond acceptors (Lipinski definition) is 5. The SMILES string of the molecule is CSC1=C2C=NC=C[N+]2(N)C(c2ccc(Oc3ccccc3)cc2)=N1. The second-order valence-electron chi connectivity index (χ2n) is 5.62. The maximum Gasteiger partial charge on any atom is 0.265 e. The summed E-state index contributed by atoms with van der Waals surface area (Å²) in [7, 11) is 0. The van der Waals surface area contributed by atoms with Crippen molar-refractivity contribution < 1.29 is 9.33 Å². The normalized spacial score (nSPS) is 21.3. The number of nitrogens with zero attached hydrogens (tertiary/aromatic N) is 3. The Morgan fingerprint density at radius 2 is 1.72 bits per heavy atom. The van der Waals surface area contributed by atoms with Crippen molar-refractivity contribution in [2.75, 3.05) is 6.26 Å². The van der Waals surface area contributed by atoms with Crippen LogP contribution in [0.25, 0.3) is 0 Å². The molecule has 0 amide bonds. The molecule has 2 heterocycles. The van der Waals surface area contributed by atoms with E-state index in [9.17, 15) is 0 Å². The molecule has 0 radical (unpaired) electrons. The Morgan fingerprint density at radius 3 is 2.44 bits per heavy atom. The predicted molar refractivity (Wildman–Crippen MR) is 102 cm³/mol.